The van der Waals surface area contributed by atoms with Gasteiger partial charge in [0, 0.05) is 24.1 Å². The fraction of sp³-hybridized carbons (Fsp3) is 0.344. The molecule has 1 saturated carbocycles. The minimum absolute atomic E-state index is 0.163. The fourth-order valence-corrected chi connectivity index (χ4v) is 6.57. The molecule has 2 heterocycles. The van der Waals surface area contributed by atoms with Crippen molar-refractivity contribution >= 4 is 45.2 Å². The lowest BCUT2D eigenvalue weighted by Crippen LogP contribution is -2.41. The molecule has 1 saturated heterocycles. The largest absolute Gasteiger partial charge is 0.494 e. The Kier molecular flexibility index (Phi) is 7.18. The number of fused-ring (bicyclic) bond motifs is 1. The highest BCUT2D eigenvalue weighted by Crippen LogP contribution is 2.47. The Morgan fingerprint density at radius 1 is 1.00 bits per heavy atom. The van der Waals surface area contributed by atoms with E-state index >= 15 is 0 Å². The molecule has 43 heavy (non-hydrogen) atoms. The van der Waals surface area contributed by atoms with Gasteiger partial charge in [0.1, 0.15) is 17.2 Å². The third-order valence-electron chi connectivity index (χ3n) is 8.54. The maximum Gasteiger partial charge on any atom is 0.494 e. The number of hydrogen-bond donors (Lipinski definition) is 2. The van der Waals surface area contributed by atoms with Crippen LogP contribution in [-0.2, 0) is 25.1 Å². The third-order valence-corrected chi connectivity index (χ3v) is 9.78. The lowest BCUT2D eigenvalue weighted by atomic mass is 9.78. The summed E-state index contributed by atoms with van der Waals surface area (Å²) in [6.45, 7) is 7.88. The van der Waals surface area contributed by atoms with E-state index in [0.717, 1.165) is 23.9 Å². The lowest BCUT2D eigenvalue weighted by Gasteiger charge is -2.32. The van der Waals surface area contributed by atoms with Gasteiger partial charge in [-0.1, -0.05) is 24.3 Å². The van der Waals surface area contributed by atoms with Crippen LogP contribution < -0.4 is 15.5 Å². The van der Waals surface area contributed by atoms with Gasteiger partial charge in [-0.05, 0) is 93.4 Å². The maximum absolute atomic E-state index is 13.6. The van der Waals surface area contributed by atoms with Crippen molar-refractivity contribution in [3.05, 3.63) is 83.2 Å². The minimum Gasteiger partial charge on any atom is -0.455 e. The predicted molar refractivity (Wildman–Crippen MR) is 165 cm³/mol. The Labute approximate surface area is 251 Å². The van der Waals surface area contributed by atoms with Crippen molar-refractivity contribution in [2.75, 3.05) is 11.8 Å². The van der Waals surface area contributed by atoms with Gasteiger partial charge in [0.05, 0.1) is 28.2 Å². The molecule has 0 atom stereocenters. The second-order valence-electron chi connectivity index (χ2n) is 12.3. The Hall–Kier alpha value is -3.67. The van der Waals surface area contributed by atoms with E-state index in [-0.39, 0.29) is 23.3 Å². The van der Waals surface area contributed by atoms with Gasteiger partial charge in [0.2, 0.25) is 10.0 Å². The van der Waals surface area contributed by atoms with Crippen molar-refractivity contribution in [3.63, 3.8) is 0 Å². The highest BCUT2D eigenvalue weighted by atomic mass is 32.2. The number of benzene rings is 3. The number of carbonyl (C=O) groups is 1. The Bertz CT molecular complexity index is 1810. The van der Waals surface area contributed by atoms with E-state index in [2.05, 4.69) is 10.0 Å². The standard InChI is InChI=1S/C32H34BFN2O6S/c1-31(2)32(3,4)42-33(41-31)22-8-6-7-19(15-22)18-43(38,39)36-26-17-27-25(16-24(26)20-9-10-20)28(30(37)35-5)29(40-27)21-11-13-23(34)14-12-21/h6-8,11-17,20,36H,9-10,18H2,1-5H3,(H,35,37). The average Bonchev–Trinajstić information content (AvgIpc) is 3.67. The van der Waals surface area contributed by atoms with Crippen LogP contribution in [0.5, 0.6) is 0 Å². The molecule has 11 heteroatoms. The van der Waals surface area contributed by atoms with E-state index < -0.39 is 34.2 Å². The number of amides is 1. The Balaban J connectivity index is 1.33. The topological polar surface area (TPSA) is 107 Å². The molecular weight excluding hydrogens is 570 g/mol. The van der Waals surface area contributed by atoms with Gasteiger partial charge >= 0.3 is 7.12 Å². The van der Waals surface area contributed by atoms with Gasteiger partial charge < -0.3 is 19.0 Å². The highest BCUT2D eigenvalue weighted by Gasteiger charge is 2.51. The molecule has 0 spiro atoms. The van der Waals surface area contributed by atoms with Crippen LogP contribution in [0.15, 0.2) is 65.1 Å². The van der Waals surface area contributed by atoms with Crippen molar-refractivity contribution < 1.29 is 31.3 Å². The van der Waals surface area contributed by atoms with Crippen LogP contribution in [0.2, 0.25) is 0 Å². The number of carbonyl (C=O) groups excluding carboxylic acids is 1. The van der Waals surface area contributed by atoms with Crippen LogP contribution in [0.1, 0.15) is 67.9 Å². The fourth-order valence-electron chi connectivity index (χ4n) is 5.37. The van der Waals surface area contributed by atoms with E-state index in [1.165, 1.54) is 19.2 Å². The number of hydrogen-bond acceptors (Lipinski definition) is 6. The monoisotopic (exact) mass is 604 g/mol. The van der Waals surface area contributed by atoms with E-state index in [4.69, 9.17) is 13.7 Å². The molecule has 2 fully saturated rings. The molecule has 6 rings (SSSR count). The summed E-state index contributed by atoms with van der Waals surface area (Å²) in [6.07, 6.45) is 1.82. The molecule has 2 N–H and O–H groups in total. The van der Waals surface area contributed by atoms with Gasteiger partial charge in [0.15, 0.2) is 0 Å². The molecule has 8 nitrogen and oxygen atoms in total. The SMILES string of the molecule is CNC(=O)c1c(-c2ccc(F)cc2)oc2cc(NS(=O)(=O)Cc3cccc(B4OC(C)(C)C(C)(C)O4)c3)c(C3CC3)cc12. The number of anilines is 1. The first-order valence-corrected chi connectivity index (χ1v) is 16.0. The second-order valence-corrected chi connectivity index (χ2v) is 14.0. The van der Waals surface area contributed by atoms with Gasteiger partial charge in [-0.2, -0.15) is 0 Å². The number of furan rings is 1. The normalized spacial score (nSPS) is 17.8. The molecular formula is C32H34BFN2O6S. The van der Waals surface area contributed by atoms with Crippen LogP contribution in [0.25, 0.3) is 22.3 Å². The molecule has 0 radical (unpaired) electrons. The number of sulfonamides is 1. The number of halogens is 1. The van der Waals surface area contributed by atoms with Gasteiger partial charge in [-0.15, -0.1) is 0 Å². The van der Waals surface area contributed by atoms with Gasteiger partial charge in [-0.25, -0.2) is 12.8 Å². The third kappa shape index (κ3) is 5.69. The molecule has 2 aliphatic rings. The van der Waals surface area contributed by atoms with Gasteiger partial charge in [-0.3, -0.25) is 9.52 Å². The van der Waals surface area contributed by atoms with E-state index in [1.54, 1.807) is 36.4 Å². The first-order chi connectivity index (χ1) is 20.3. The van der Waals surface area contributed by atoms with Crippen molar-refractivity contribution in [1.82, 2.24) is 5.32 Å². The van der Waals surface area contributed by atoms with Crippen LogP contribution in [0.3, 0.4) is 0 Å². The molecule has 1 aliphatic heterocycles. The maximum atomic E-state index is 13.6. The van der Waals surface area contributed by atoms with Crippen LogP contribution in [0, 0.1) is 5.82 Å². The smallest absolute Gasteiger partial charge is 0.455 e. The van der Waals surface area contributed by atoms with Crippen molar-refractivity contribution in [1.29, 1.82) is 0 Å². The second kappa shape index (κ2) is 10.5. The zero-order valence-corrected chi connectivity index (χ0v) is 25.6. The van der Waals surface area contributed by atoms with E-state index in [1.807, 2.05) is 39.8 Å². The summed E-state index contributed by atoms with van der Waals surface area (Å²) >= 11 is 0. The molecule has 0 unspecified atom stereocenters. The Morgan fingerprint density at radius 2 is 1.67 bits per heavy atom. The summed E-state index contributed by atoms with van der Waals surface area (Å²) in [6, 6.07) is 16.4. The summed E-state index contributed by atoms with van der Waals surface area (Å²) in [5, 5.41) is 3.22. The van der Waals surface area contributed by atoms with Crippen molar-refractivity contribution in [2.24, 2.45) is 0 Å². The van der Waals surface area contributed by atoms with Crippen LogP contribution in [-0.4, -0.2) is 39.7 Å². The van der Waals surface area contributed by atoms with Crippen LogP contribution in [0.4, 0.5) is 10.1 Å². The molecule has 1 amide bonds. The average molecular weight is 605 g/mol. The summed E-state index contributed by atoms with van der Waals surface area (Å²) in [4.78, 5) is 13.0. The highest BCUT2D eigenvalue weighted by molar-refractivity contribution is 7.91. The first-order valence-electron chi connectivity index (χ1n) is 14.3. The summed E-state index contributed by atoms with van der Waals surface area (Å²) < 4.78 is 61.9. The van der Waals surface area contributed by atoms with Crippen molar-refractivity contribution in [2.45, 2.75) is 63.4 Å². The number of rotatable bonds is 8. The summed E-state index contributed by atoms with van der Waals surface area (Å²) in [5.41, 5.74) is 2.73. The zero-order valence-electron chi connectivity index (χ0n) is 24.8. The van der Waals surface area contributed by atoms with E-state index in [9.17, 15) is 17.6 Å². The molecule has 1 aromatic heterocycles. The predicted octanol–water partition coefficient (Wildman–Crippen LogP) is 5.72. The summed E-state index contributed by atoms with van der Waals surface area (Å²) in [7, 11) is -2.92. The molecule has 1 aliphatic carbocycles. The minimum atomic E-state index is -3.85. The quantitative estimate of drug-likeness (QED) is 0.250. The zero-order chi connectivity index (χ0) is 30.7. The van der Waals surface area contributed by atoms with E-state index in [0.29, 0.717) is 33.3 Å². The molecule has 3 aromatic carbocycles. The van der Waals surface area contributed by atoms with Gasteiger partial charge in [0.25, 0.3) is 5.91 Å². The van der Waals surface area contributed by atoms with Crippen molar-refractivity contribution in [3.8, 4) is 11.3 Å². The van der Waals surface area contributed by atoms with Crippen LogP contribution >= 0.6 is 0 Å². The Morgan fingerprint density at radius 3 is 2.30 bits per heavy atom. The molecule has 4 aromatic rings. The number of nitrogens with one attached hydrogen (secondary N) is 2. The summed E-state index contributed by atoms with van der Waals surface area (Å²) in [5.74, 6) is -0.568. The first kappa shape index (κ1) is 29.4. The molecule has 224 valence electrons. The molecule has 0 bridgehead atoms. The lowest BCUT2D eigenvalue weighted by molar-refractivity contribution is 0.00578.